The first-order valence-corrected chi connectivity index (χ1v) is 10.9. The van der Waals surface area contributed by atoms with E-state index in [1.54, 1.807) is 54.6 Å². The van der Waals surface area contributed by atoms with Crippen LogP contribution in [0.25, 0.3) is 0 Å². The van der Waals surface area contributed by atoms with Gasteiger partial charge in [0.15, 0.2) is 0 Å². The molecule has 29 heavy (non-hydrogen) atoms. The molecule has 1 atom stereocenters. The molecule has 0 bridgehead atoms. The molecular weight excluding hydrogens is 394 g/mol. The van der Waals surface area contributed by atoms with Crippen molar-refractivity contribution >= 4 is 38.9 Å². The summed E-state index contributed by atoms with van der Waals surface area (Å²) < 4.78 is 23.0. The Kier molecular flexibility index (Phi) is 7.49. The average molecular weight is 417 g/mol. The van der Waals surface area contributed by atoms with Crippen LogP contribution in [0.15, 0.2) is 54.6 Å². The Bertz CT molecular complexity index is 973. The van der Waals surface area contributed by atoms with Crippen LogP contribution in [0, 0.1) is 0 Å². The zero-order chi connectivity index (χ0) is 21.4. The van der Waals surface area contributed by atoms with Gasteiger partial charge in [-0.1, -0.05) is 18.2 Å². The zero-order valence-corrected chi connectivity index (χ0v) is 17.0. The number of nitrogens with one attached hydrogen (secondary N) is 3. The molecule has 0 aliphatic carbocycles. The summed E-state index contributed by atoms with van der Waals surface area (Å²) in [4.78, 5) is 36.1. The summed E-state index contributed by atoms with van der Waals surface area (Å²) in [6, 6.07) is 13.7. The van der Waals surface area contributed by atoms with Crippen molar-refractivity contribution in [3.05, 3.63) is 60.2 Å². The maximum atomic E-state index is 12.7. The van der Waals surface area contributed by atoms with E-state index >= 15 is 0 Å². The van der Waals surface area contributed by atoms with Gasteiger partial charge in [0.2, 0.25) is 11.8 Å². The lowest BCUT2D eigenvalue weighted by molar-refractivity contribution is -0.118. The van der Waals surface area contributed by atoms with Gasteiger partial charge in [-0.3, -0.25) is 14.4 Å². The van der Waals surface area contributed by atoms with Gasteiger partial charge in [0.25, 0.3) is 5.91 Å². The Morgan fingerprint density at radius 2 is 1.45 bits per heavy atom. The normalized spacial score (nSPS) is 11.9. The average Bonchev–Trinajstić information content (AvgIpc) is 2.66. The Hall–Kier alpha value is -3.20. The summed E-state index contributed by atoms with van der Waals surface area (Å²) in [5.41, 5.74) is 1.38. The molecule has 0 aliphatic heterocycles. The number of carbonyl (C=O) groups excluding carboxylic acids is 3. The monoisotopic (exact) mass is 417 g/mol. The van der Waals surface area contributed by atoms with Crippen LogP contribution in [0.5, 0.6) is 0 Å². The van der Waals surface area contributed by atoms with Gasteiger partial charge >= 0.3 is 0 Å². The third-order valence-corrected chi connectivity index (χ3v) is 4.89. The SMILES string of the molecule is CC(=O)Nc1ccc(NC(=O)[C@H](CCS(C)(=O)=O)NC(=O)c2ccccc2)cc1. The lowest BCUT2D eigenvalue weighted by atomic mass is 10.1. The van der Waals surface area contributed by atoms with Crippen molar-refractivity contribution in [3.8, 4) is 0 Å². The predicted octanol–water partition coefficient (Wildman–Crippen LogP) is 1.82. The Morgan fingerprint density at radius 3 is 1.97 bits per heavy atom. The van der Waals surface area contributed by atoms with Crippen LogP contribution in [0.3, 0.4) is 0 Å². The molecule has 0 aromatic heterocycles. The van der Waals surface area contributed by atoms with Crippen LogP contribution < -0.4 is 16.0 Å². The van der Waals surface area contributed by atoms with E-state index in [9.17, 15) is 22.8 Å². The molecule has 3 N–H and O–H groups in total. The maximum absolute atomic E-state index is 12.7. The zero-order valence-electron chi connectivity index (χ0n) is 16.1. The number of sulfone groups is 1. The van der Waals surface area contributed by atoms with E-state index in [0.29, 0.717) is 16.9 Å². The van der Waals surface area contributed by atoms with E-state index < -0.39 is 27.7 Å². The van der Waals surface area contributed by atoms with Crippen molar-refractivity contribution in [1.82, 2.24) is 5.32 Å². The molecule has 9 heteroatoms. The summed E-state index contributed by atoms with van der Waals surface area (Å²) in [7, 11) is -3.31. The number of benzene rings is 2. The van der Waals surface area contributed by atoms with Crippen molar-refractivity contribution < 1.29 is 22.8 Å². The third kappa shape index (κ3) is 7.74. The van der Waals surface area contributed by atoms with Crippen molar-refractivity contribution in [2.75, 3.05) is 22.6 Å². The molecule has 0 radical (unpaired) electrons. The van der Waals surface area contributed by atoms with E-state index in [1.165, 1.54) is 6.92 Å². The fourth-order valence-corrected chi connectivity index (χ4v) is 3.17. The number of amides is 3. The topological polar surface area (TPSA) is 121 Å². The van der Waals surface area contributed by atoms with Gasteiger partial charge in [-0.05, 0) is 42.8 Å². The highest BCUT2D eigenvalue weighted by Gasteiger charge is 2.23. The second-order valence-electron chi connectivity index (χ2n) is 6.56. The fraction of sp³-hybridized carbons (Fsp3) is 0.250. The molecule has 2 aromatic rings. The number of carbonyl (C=O) groups is 3. The minimum atomic E-state index is -3.31. The lowest BCUT2D eigenvalue weighted by Crippen LogP contribution is -2.44. The Labute approximate surface area is 169 Å². The van der Waals surface area contributed by atoms with Gasteiger partial charge in [0.1, 0.15) is 15.9 Å². The van der Waals surface area contributed by atoms with E-state index in [4.69, 9.17) is 0 Å². The highest BCUT2D eigenvalue weighted by molar-refractivity contribution is 7.90. The molecule has 2 aromatic carbocycles. The molecule has 8 nitrogen and oxygen atoms in total. The van der Waals surface area contributed by atoms with E-state index in [1.807, 2.05) is 0 Å². The van der Waals surface area contributed by atoms with Gasteiger partial charge in [-0.2, -0.15) is 0 Å². The van der Waals surface area contributed by atoms with Crippen LogP contribution in [0.4, 0.5) is 11.4 Å². The molecule has 0 heterocycles. The number of rotatable bonds is 8. The standard InChI is InChI=1S/C20H23N3O5S/c1-14(24)21-16-8-10-17(11-9-16)22-20(26)18(12-13-29(2,27)28)23-19(25)15-6-4-3-5-7-15/h3-11,18H,12-13H2,1-2H3,(H,21,24)(H,22,26)(H,23,25)/t18-/m0/s1. The molecule has 0 spiro atoms. The predicted molar refractivity (Wildman–Crippen MR) is 111 cm³/mol. The smallest absolute Gasteiger partial charge is 0.251 e. The van der Waals surface area contributed by atoms with Crippen LogP contribution in [-0.4, -0.2) is 44.2 Å². The van der Waals surface area contributed by atoms with Gasteiger partial charge in [-0.25, -0.2) is 8.42 Å². The third-order valence-electron chi connectivity index (χ3n) is 3.91. The molecular formula is C20H23N3O5S. The number of hydrogen-bond donors (Lipinski definition) is 3. The molecule has 3 amide bonds. The van der Waals surface area contributed by atoms with Gasteiger partial charge in [-0.15, -0.1) is 0 Å². The molecule has 0 unspecified atom stereocenters. The van der Waals surface area contributed by atoms with E-state index in [2.05, 4.69) is 16.0 Å². The summed E-state index contributed by atoms with van der Waals surface area (Å²) in [6.07, 6.45) is 1.01. The molecule has 0 fully saturated rings. The summed E-state index contributed by atoms with van der Waals surface area (Å²) in [5.74, 6) is -1.47. The largest absolute Gasteiger partial charge is 0.340 e. The minimum Gasteiger partial charge on any atom is -0.340 e. The molecule has 154 valence electrons. The van der Waals surface area contributed by atoms with E-state index in [0.717, 1.165) is 6.26 Å². The fourth-order valence-electron chi connectivity index (χ4n) is 2.50. The van der Waals surface area contributed by atoms with Crippen LogP contribution in [0.2, 0.25) is 0 Å². The first-order chi connectivity index (χ1) is 13.6. The van der Waals surface area contributed by atoms with Crippen LogP contribution >= 0.6 is 0 Å². The van der Waals surface area contributed by atoms with Crippen molar-refractivity contribution in [3.63, 3.8) is 0 Å². The highest BCUT2D eigenvalue weighted by atomic mass is 32.2. The molecule has 0 saturated carbocycles. The highest BCUT2D eigenvalue weighted by Crippen LogP contribution is 2.14. The first kappa shape index (κ1) is 22.1. The maximum Gasteiger partial charge on any atom is 0.251 e. The first-order valence-electron chi connectivity index (χ1n) is 8.86. The van der Waals surface area contributed by atoms with Crippen molar-refractivity contribution in [2.24, 2.45) is 0 Å². The van der Waals surface area contributed by atoms with Gasteiger partial charge < -0.3 is 16.0 Å². The Morgan fingerprint density at radius 1 is 0.897 bits per heavy atom. The summed E-state index contributed by atoms with van der Waals surface area (Å²) in [5, 5.41) is 7.86. The number of hydrogen-bond acceptors (Lipinski definition) is 5. The lowest BCUT2D eigenvalue weighted by Gasteiger charge is -2.18. The second-order valence-corrected chi connectivity index (χ2v) is 8.82. The van der Waals surface area contributed by atoms with Crippen LogP contribution in [0.1, 0.15) is 23.7 Å². The van der Waals surface area contributed by atoms with E-state index in [-0.39, 0.29) is 18.1 Å². The minimum absolute atomic E-state index is 0.0623. The second kappa shape index (κ2) is 9.83. The quantitative estimate of drug-likeness (QED) is 0.605. The van der Waals surface area contributed by atoms with Crippen molar-refractivity contribution in [1.29, 1.82) is 0 Å². The molecule has 0 saturated heterocycles. The van der Waals surface area contributed by atoms with Gasteiger partial charge in [0.05, 0.1) is 5.75 Å². The summed E-state index contributed by atoms with van der Waals surface area (Å²) in [6.45, 7) is 1.39. The van der Waals surface area contributed by atoms with Crippen LogP contribution in [-0.2, 0) is 19.4 Å². The molecule has 0 aliphatic rings. The number of anilines is 2. The molecule has 2 rings (SSSR count). The van der Waals surface area contributed by atoms with Gasteiger partial charge in [0, 0.05) is 30.1 Å². The summed E-state index contributed by atoms with van der Waals surface area (Å²) >= 11 is 0. The van der Waals surface area contributed by atoms with Crippen molar-refractivity contribution in [2.45, 2.75) is 19.4 Å². The Balaban J connectivity index is 2.10.